The first kappa shape index (κ1) is 13.8. The van der Waals surface area contributed by atoms with Gasteiger partial charge in [0.25, 0.3) is 0 Å². The van der Waals surface area contributed by atoms with Gasteiger partial charge in [-0.2, -0.15) is 0 Å². The number of hydrogen-bond donors (Lipinski definition) is 2. The lowest BCUT2D eigenvalue weighted by Gasteiger charge is -2.12. The van der Waals surface area contributed by atoms with Gasteiger partial charge in [-0.1, -0.05) is 30.7 Å². The molecule has 0 aromatic heterocycles. The van der Waals surface area contributed by atoms with Gasteiger partial charge >= 0.3 is 6.03 Å². The third-order valence-electron chi connectivity index (χ3n) is 2.60. The average Bonchev–Trinajstić information content (AvgIpc) is 2.31. The van der Waals surface area contributed by atoms with E-state index < -0.39 is 0 Å². The average molecular weight is 255 g/mol. The Morgan fingerprint density at radius 2 is 2.00 bits per heavy atom. The van der Waals surface area contributed by atoms with Crippen LogP contribution in [0.3, 0.4) is 0 Å². The summed E-state index contributed by atoms with van der Waals surface area (Å²) < 4.78 is 0. The van der Waals surface area contributed by atoms with Crippen LogP contribution in [0.2, 0.25) is 5.02 Å². The van der Waals surface area contributed by atoms with Crippen LogP contribution in [0.4, 0.5) is 4.79 Å². The molecule has 1 unspecified atom stereocenters. The van der Waals surface area contributed by atoms with Crippen LogP contribution in [0.15, 0.2) is 24.3 Å². The highest BCUT2D eigenvalue weighted by molar-refractivity contribution is 6.30. The molecule has 1 atom stereocenters. The topological polar surface area (TPSA) is 41.1 Å². The smallest absolute Gasteiger partial charge is 0.315 e. The highest BCUT2D eigenvalue weighted by atomic mass is 35.5. The number of carbonyl (C=O) groups excluding carboxylic acids is 1. The summed E-state index contributed by atoms with van der Waals surface area (Å²) in [6.45, 7) is 4.65. The van der Waals surface area contributed by atoms with Gasteiger partial charge in [-0.05, 0) is 37.5 Å². The summed E-state index contributed by atoms with van der Waals surface area (Å²) in [4.78, 5) is 11.4. The SMILES string of the molecule is CCC(C)NC(=O)NCCc1ccc(Cl)cc1. The lowest BCUT2D eigenvalue weighted by molar-refractivity contribution is 0.237. The minimum Gasteiger partial charge on any atom is -0.338 e. The van der Waals surface area contributed by atoms with E-state index in [0.29, 0.717) is 6.54 Å². The third-order valence-corrected chi connectivity index (χ3v) is 2.85. The Hall–Kier alpha value is -1.22. The molecule has 1 aromatic rings. The van der Waals surface area contributed by atoms with Crippen molar-refractivity contribution in [2.75, 3.05) is 6.54 Å². The molecule has 0 radical (unpaired) electrons. The molecule has 0 aliphatic heterocycles. The first-order valence-electron chi connectivity index (χ1n) is 5.90. The molecule has 0 spiro atoms. The van der Waals surface area contributed by atoms with E-state index in [1.165, 1.54) is 5.56 Å². The van der Waals surface area contributed by atoms with Crippen LogP contribution in [0.1, 0.15) is 25.8 Å². The van der Waals surface area contributed by atoms with Crippen LogP contribution < -0.4 is 10.6 Å². The fourth-order valence-corrected chi connectivity index (χ4v) is 1.47. The highest BCUT2D eigenvalue weighted by Crippen LogP contribution is 2.09. The van der Waals surface area contributed by atoms with Crippen LogP contribution in [-0.2, 0) is 6.42 Å². The fraction of sp³-hybridized carbons (Fsp3) is 0.462. The Bertz CT molecular complexity index is 351. The number of nitrogens with one attached hydrogen (secondary N) is 2. The minimum absolute atomic E-state index is 0.103. The summed E-state index contributed by atoms with van der Waals surface area (Å²) in [6.07, 6.45) is 1.75. The van der Waals surface area contributed by atoms with Gasteiger partial charge in [0.15, 0.2) is 0 Å². The first-order chi connectivity index (χ1) is 8.11. The molecule has 4 heteroatoms. The largest absolute Gasteiger partial charge is 0.338 e. The molecule has 0 heterocycles. The molecule has 3 nitrogen and oxygen atoms in total. The molecular formula is C13H19ClN2O. The third kappa shape index (κ3) is 5.59. The molecule has 17 heavy (non-hydrogen) atoms. The van der Waals surface area contributed by atoms with Crippen molar-refractivity contribution in [2.24, 2.45) is 0 Å². The van der Waals surface area contributed by atoms with E-state index in [0.717, 1.165) is 17.9 Å². The van der Waals surface area contributed by atoms with Crippen LogP contribution >= 0.6 is 11.6 Å². The van der Waals surface area contributed by atoms with Crippen LogP contribution in [-0.4, -0.2) is 18.6 Å². The molecule has 1 rings (SSSR count). The molecule has 0 saturated carbocycles. The second kappa shape index (κ2) is 7.17. The Morgan fingerprint density at radius 3 is 2.59 bits per heavy atom. The van der Waals surface area contributed by atoms with Crippen molar-refractivity contribution in [2.45, 2.75) is 32.7 Å². The normalized spacial score (nSPS) is 11.9. The summed E-state index contributed by atoms with van der Waals surface area (Å²) in [6, 6.07) is 7.76. The fourth-order valence-electron chi connectivity index (χ4n) is 1.35. The van der Waals surface area contributed by atoms with E-state index in [-0.39, 0.29) is 12.1 Å². The van der Waals surface area contributed by atoms with E-state index in [9.17, 15) is 4.79 Å². The number of carbonyl (C=O) groups is 1. The standard InChI is InChI=1S/C13H19ClN2O/c1-3-10(2)16-13(17)15-9-8-11-4-6-12(14)7-5-11/h4-7,10H,3,8-9H2,1-2H3,(H2,15,16,17). The Balaban J connectivity index is 2.23. The maximum atomic E-state index is 11.4. The summed E-state index contributed by atoms with van der Waals surface area (Å²) in [7, 11) is 0. The monoisotopic (exact) mass is 254 g/mol. The van der Waals surface area contributed by atoms with Crippen molar-refractivity contribution in [3.63, 3.8) is 0 Å². The maximum Gasteiger partial charge on any atom is 0.315 e. The second-order valence-electron chi connectivity index (χ2n) is 4.09. The molecule has 0 bridgehead atoms. The molecule has 0 aliphatic rings. The van der Waals surface area contributed by atoms with E-state index in [1.807, 2.05) is 38.1 Å². The Morgan fingerprint density at radius 1 is 1.35 bits per heavy atom. The number of rotatable bonds is 5. The van der Waals surface area contributed by atoms with Crippen LogP contribution in [0.5, 0.6) is 0 Å². The van der Waals surface area contributed by atoms with E-state index in [2.05, 4.69) is 10.6 Å². The quantitative estimate of drug-likeness (QED) is 0.833. The molecule has 0 fully saturated rings. The summed E-state index contributed by atoms with van der Waals surface area (Å²) >= 11 is 5.79. The van der Waals surface area contributed by atoms with Gasteiger partial charge < -0.3 is 10.6 Å². The van der Waals surface area contributed by atoms with Gasteiger partial charge in [-0.3, -0.25) is 0 Å². The number of halogens is 1. The molecule has 0 aliphatic carbocycles. The highest BCUT2D eigenvalue weighted by Gasteiger charge is 2.03. The molecule has 0 saturated heterocycles. The van der Waals surface area contributed by atoms with E-state index >= 15 is 0 Å². The minimum atomic E-state index is -0.103. The lowest BCUT2D eigenvalue weighted by atomic mass is 10.1. The second-order valence-corrected chi connectivity index (χ2v) is 4.52. The van der Waals surface area contributed by atoms with Gasteiger partial charge in [-0.15, -0.1) is 0 Å². The summed E-state index contributed by atoms with van der Waals surface area (Å²) in [5.41, 5.74) is 1.17. The first-order valence-corrected chi connectivity index (χ1v) is 6.28. The van der Waals surface area contributed by atoms with Gasteiger partial charge in [0.1, 0.15) is 0 Å². The van der Waals surface area contributed by atoms with Crippen LogP contribution in [0, 0.1) is 0 Å². The number of amides is 2. The Kier molecular flexibility index (Phi) is 5.84. The zero-order chi connectivity index (χ0) is 12.7. The molecular weight excluding hydrogens is 236 g/mol. The van der Waals surface area contributed by atoms with E-state index in [4.69, 9.17) is 11.6 Å². The zero-order valence-electron chi connectivity index (χ0n) is 10.3. The molecule has 2 N–H and O–H groups in total. The molecule has 2 amide bonds. The maximum absolute atomic E-state index is 11.4. The van der Waals surface area contributed by atoms with Crippen molar-refractivity contribution in [3.8, 4) is 0 Å². The van der Waals surface area contributed by atoms with Crippen molar-refractivity contribution in [1.29, 1.82) is 0 Å². The van der Waals surface area contributed by atoms with Gasteiger partial charge in [0.05, 0.1) is 0 Å². The van der Waals surface area contributed by atoms with Gasteiger partial charge in [-0.25, -0.2) is 4.79 Å². The van der Waals surface area contributed by atoms with Crippen LogP contribution in [0.25, 0.3) is 0 Å². The summed E-state index contributed by atoms with van der Waals surface area (Å²) in [5, 5.41) is 6.41. The van der Waals surface area contributed by atoms with Crippen molar-refractivity contribution in [1.82, 2.24) is 10.6 Å². The summed E-state index contributed by atoms with van der Waals surface area (Å²) in [5.74, 6) is 0. The molecule has 1 aromatic carbocycles. The van der Waals surface area contributed by atoms with Crippen molar-refractivity contribution < 1.29 is 4.79 Å². The number of hydrogen-bond acceptors (Lipinski definition) is 1. The number of urea groups is 1. The molecule has 94 valence electrons. The van der Waals surface area contributed by atoms with E-state index in [1.54, 1.807) is 0 Å². The Labute approximate surface area is 108 Å². The zero-order valence-corrected chi connectivity index (χ0v) is 11.1. The van der Waals surface area contributed by atoms with Crippen molar-refractivity contribution in [3.05, 3.63) is 34.9 Å². The lowest BCUT2D eigenvalue weighted by Crippen LogP contribution is -2.41. The predicted octanol–water partition coefficient (Wildman–Crippen LogP) is 2.98. The van der Waals surface area contributed by atoms with Crippen molar-refractivity contribution >= 4 is 17.6 Å². The van der Waals surface area contributed by atoms with Gasteiger partial charge in [0, 0.05) is 17.6 Å². The van der Waals surface area contributed by atoms with Gasteiger partial charge in [0.2, 0.25) is 0 Å². The number of benzene rings is 1. The predicted molar refractivity (Wildman–Crippen MR) is 71.4 cm³/mol.